The SMILES string of the molecule is CC[C@@H]1C[C@@](C)(C[C@@H](CC)[C@H](O)CC(=O)O)O[C@H]1[C@@H](CC)c1cc[n+](C)cc1C(=O)[O-]. The first kappa shape index (κ1) is 25.3. The van der Waals surface area contributed by atoms with Gasteiger partial charge in [0.2, 0.25) is 0 Å². The first-order valence-electron chi connectivity index (χ1n) is 11.3. The number of aromatic nitrogens is 1. The predicted octanol–water partition coefficient (Wildman–Crippen LogP) is 2.19. The number of rotatable bonds is 11. The number of aromatic carboxylic acids is 1. The van der Waals surface area contributed by atoms with Crippen molar-refractivity contribution in [2.24, 2.45) is 18.9 Å². The average Bonchev–Trinajstić information content (AvgIpc) is 3.03. The number of ether oxygens (including phenoxy) is 1. The molecule has 0 aliphatic carbocycles. The Balaban J connectivity index is 2.31. The molecule has 0 radical (unpaired) electrons. The molecule has 0 spiro atoms. The summed E-state index contributed by atoms with van der Waals surface area (Å²) in [7, 11) is 1.78. The van der Waals surface area contributed by atoms with Gasteiger partial charge < -0.3 is 24.9 Å². The highest BCUT2D eigenvalue weighted by Gasteiger charge is 2.47. The zero-order valence-electron chi connectivity index (χ0n) is 19.3. The summed E-state index contributed by atoms with van der Waals surface area (Å²) in [6.45, 7) is 8.13. The zero-order chi connectivity index (χ0) is 23.3. The molecule has 1 aromatic heterocycles. The van der Waals surface area contributed by atoms with Gasteiger partial charge in [-0.05, 0) is 43.6 Å². The number of carbonyl (C=O) groups is 2. The maximum Gasteiger partial charge on any atom is 0.305 e. The van der Waals surface area contributed by atoms with Gasteiger partial charge in [-0.15, -0.1) is 0 Å². The second kappa shape index (κ2) is 10.6. The summed E-state index contributed by atoms with van der Waals surface area (Å²) in [4.78, 5) is 22.8. The maximum absolute atomic E-state index is 11.8. The Morgan fingerprint density at radius 3 is 2.52 bits per heavy atom. The Hall–Kier alpha value is -1.99. The van der Waals surface area contributed by atoms with Crippen molar-refractivity contribution in [2.75, 3.05) is 0 Å². The fraction of sp³-hybridized carbons (Fsp3) is 0.708. The third-order valence-electron chi connectivity index (χ3n) is 6.84. The third-order valence-corrected chi connectivity index (χ3v) is 6.84. The molecule has 1 aliphatic heterocycles. The molecular formula is C24H37NO6. The molecule has 1 fully saturated rings. The number of hydrogen-bond donors (Lipinski definition) is 2. The molecule has 1 aliphatic rings. The summed E-state index contributed by atoms with van der Waals surface area (Å²) in [5.41, 5.74) is 0.415. The van der Waals surface area contributed by atoms with Gasteiger partial charge in [0.15, 0.2) is 12.4 Å². The molecule has 2 heterocycles. The summed E-state index contributed by atoms with van der Waals surface area (Å²) in [5.74, 6) is -2.23. The molecule has 0 bridgehead atoms. The lowest BCUT2D eigenvalue weighted by atomic mass is 9.78. The van der Waals surface area contributed by atoms with E-state index in [2.05, 4.69) is 6.92 Å². The molecule has 0 unspecified atom stereocenters. The Morgan fingerprint density at radius 2 is 2.00 bits per heavy atom. The Kier molecular flexibility index (Phi) is 8.60. The minimum atomic E-state index is -1.19. The van der Waals surface area contributed by atoms with Crippen molar-refractivity contribution in [3.05, 3.63) is 29.6 Å². The van der Waals surface area contributed by atoms with Crippen LogP contribution in [0.15, 0.2) is 18.5 Å². The molecule has 1 saturated heterocycles. The Labute approximate surface area is 185 Å². The number of carboxylic acid groups (broad SMARTS) is 2. The highest BCUT2D eigenvalue weighted by molar-refractivity contribution is 5.87. The fourth-order valence-electron chi connectivity index (χ4n) is 5.25. The van der Waals surface area contributed by atoms with Gasteiger partial charge >= 0.3 is 5.97 Å². The van der Waals surface area contributed by atoms with E-state index in [1.165, 1.54) is 0 Å². The summed E-state index contributed by atoms with van der Waals surface area (Å²) >= 11 is 0. The molecule has 0 amide bonds. The van der Waals surface area contributed by atoms with Gasteiger partial charge in [0, 0.05) is 12.0 Å². The van der Waals surface area contributed by atoms with Crippen LogP contribution in [0.3, 0.4) is 0 Å². The van der Waals surface area contributed by atoms with Crippen LogP contribution >= 0.6 is 0 Å². The van der Waals surface area contributed by atoms with Crippen molar-refractivity contribution in [1.29, 1.82) is 0 Å². The van der Waals surface area contributed by atoms with Crippen LogP contribution in [0.5, 0.6) is 0 Å². The number of aliphatic hydroxyl groups is 1. The van der Waals surface area contributed by atoms with Gasteiger partial charge in [-0.2, -0.15) is 0 Å². The van der Waals surface area contributed by atoms with Crippen LogP contribution in [0.4, 0.5) is 0 Å². The summed E-state index contributed by atoms with van der Waals surface area (Å²) < 4.78 is 8.34. The van der Waals surface area contributed by atoms with Crippen molar-refractivity contribution >= 4 is 11.9 Å². The van der Waals surface area contributed by atoms with E-state index in [1.54, 1.807) is 17.8 Å². The van der Waals surface area contributed by atoms with E-state index in [0.717, 1.165) is 24.8 Å². The van der Waals surface area contributed by atoms with Crippen LogP contribution in [-0.4, -0.2) is 40.0 Å². The number of nitrogens with zero attached hydrogens (tertiary/aromatic N) is 1. The van der Waals surface area contributed by atoms with Crippen LogP contribution < -0.4 is 9.67 Å². The second-order valence-electron chi connectivity index (χ2n) is 9.22. The van der Waals surface area contributed by atoms with E-state index in [-0.39, 0.29) is 35.8 Å². The zero-order valence-corrected chi connectivity index (χ0v) is 19.3. The number of aliphatic hydroxyl groups excluding tert-OH is 1. The van der Waals surface area contributed by atoms with Gasteiger partial charge in [-0.25, -0.2) is 4.57 Å². The van der Waals surface area contributed by atoms with Crippen LogP contribution in [0.2, 0.25) is 0 Å². The topological polar surface area (TPSA) is 111 Å². The summed E-state index contributed by atoms with van der Waals surface area (Å²) in [6, 6.07) is 1.84. The van der Waals surface area contributed by atoms with Crippen LogP contribution in [0, 0.1) is 11.8 Å². The van der Waals surface area contributed by atoms with Gasteiger partial charge in [0.1, 0.15) is 7.05 Å². The number of carbonyl (C=O) groups excluding carboxylic acids is 1. The highest BCUT2D eigenvalue weighted by Crippen LogP contribution is 2.47. The molecule has 2 N–H and O–H groups in total. The van der Waals surface area contributed by atoms with E-state index in [1.807, 2.05) is 33.0 Å². The smallest absolute Gasteiger partial charge is 0.305 e. The van der Waals surface area contributed by atoms with Crippen LogP contribution in [0.25, 0.3) is 0 Å². The first-order valence-corrected chi connectivity index (χ1v) is 11.3. The van der Waals surface area contributed by atoms with Crippen molar-refractivity contribution in [1.82, 2.24) is 0 Å². The Bertz CT molecular complexity index is 781. The highest BCUT2D eigenvalue weighted by atomic mass is 16.5. The minimum Gasteiger partial charge on any atom is -0.545 e. The molecule has 174 valence electrons. The van der Waals surface area contributed by atoms with Gasteiger partial charge in [0.25, 0.3) is 0 Å². The van der Waals surface area contributed by atoms with E-state index >= 15 is 0 Å². The Morgan fingerprint density at radius 1 is 1.32 bits per heavy atom. The van der Waals surface area contributed by atoms with E-state index in [9.17, 15) is 19.8 Å². The fourth-order valence-corrected chi connectivity index (χ4v) is 5.25. The molecule has 7 nitrogen and oxygen atoms in total. The first-order chi connectivity index (χ1) is 14.5. The lowest BCUT2D eigenvalue weighted by Gasteiger charge is -2.33. The summed E-state index contributed by atoms with van der Waals surface area (Å²) in [6.07, 6.45) is 5.73. The standard InChI is InChI=1S/C24H37NO6/c1-6-15(20(26)11-21(27)28)12-24(4)13-16(7-2)22(31-24)17(8-3)18-9-10-25(5)14-19(18)23(29)30/h9-10,14-17,20,22,26H,6-8,11-13H2,1-5H3,(H-,27,28,29,30)/t15-,16-,17+,20-,22-,24-/m1/s1. The molecule has 2 rings (SSSR count). The van der Waals surface area contributed by atoms with Crippen molar-refractivity contribution in [2.45, 2.75) is 89.9 Å². The third kappa shape index (κ3) is 6.04. The van der Waals surface area contributed by atoms with Crippen LogP contribution in [-0.2, 0) is 16.6 Å². The largest absolute Gasteiger partial charge is 0.545 e. The predicted molar refractivity (Wildman–Crippen MR) is 113 cm³/mol. The lowest BCUT2D eigenvalue weighted by molar-refractivity contribution is -0.671. The minimum absolute atomic E-state index is 0.0927. The van der Waals surface area contributed by atoms with Gasteiger partial charge in [-0.1, -0.05) is 33.6 Å². The molecule has 0 aromatic carbocycles. The summed E-state index contributed by atoms with van der Waals surface area (Å²) in [5, 5.41) is 31.2. The van der Waals surface area contributed by atoms with E-state index in [0.29, 0.717) is 12.8 Å². The molecule has 31 heavy (non-hydrogen) atoms. The number of pyridine rings is 1. The monoisotopic (exact) mass is 435 g/mol. The van der Waals surface area contributed by atoms with Crippen molar-refractivity contribution < 1.29 is 34.2 Å². The number of hydrogen-bond acceptors (Lipinski definition) is 5. The number of carboxylic acids is 2. The van der Waals surface area contributed by atoms with Crippen molar-refractivity contribution in [3.63, 3.8) is 0 Å². The molecule has 0 saturated carbocycles. The van der Waals surface area contributed by atoms with Gasteiger partial charge in [0.05, 0.1) is 35.8 Å². The maximum atomic E-state index is 11.8. The quantitative estimate of drug-likeness (QED) is 0.516. The van der Waals surface area contributed by atoms with Crippen LogP contribution in [0.1, 0.15) is 88.1 Å². The molecule has 7 heteroatoms. The van der Waals surface area contributed by atoms with E-state index in [4.69, 9.17) is 9.84 Å². The van der Waals surface area contributed by atoms with Gasteiger partial charge in [-0.3, -0.25) is 4.79 Å². The van der Waals surface area contributed by atoms with Crippen molar-refractivity contribution in [3.8, 4) is 0 Å². The second-order valence-corrected chi connectivity index (χ2v) is 9.22. The molecule has 1 aromatic rings. The van der Waals surface area contributed by atoms with E-state index < -0.39 is 23.6 Å². The normalized spacial score (nSPS) is 26.4. The molecule has 6 atom stereocenters. The number of aliphatic carboxylic acids is 1. The lowest BCUT2D eigenvalue weighted by Crippen LogP contribution is -2.36. The average molecular weight is 436 g/mol. The molecular weight excluding hydrogens is 398 g/mol. The number of aryl methyl sites for hydroxylation is 1.